The number of rotatable bonds is 2. The fourth-order valence-corrected chi connectivity index (χ4v) is 14.5. The van der Waals surface area contributed by atoms with Gasteiger partial charge in [-0.2, -0.15) is 0 Å². The summed E-state index contributed by atoms with van der Waals surface area (Å²) in [5.74, 6) is 0. The van der Waals surface area contributed by atoms with Crippen LogP contribution in [-0.4, -0.2) is 6.71 Å². The lowest BCUT2D eigenvalue weighted by atomic mass is 9.33. The lowest BCUT2D eigenvalue weighted by Gasteiger charge is -2.48. The fraction of sp³-hybridized carbons (Fsp3) is 0.438. The molecule has 0 fully saturated rings. The zero-order valence-corrected chi connectivity index (χ0v) is 44.1. The molecule has 4 heteroatoms. The van der Waals surface area contributed by atoms with Crippen LogP contribution in [0, 0.1) is 6.92 Å². The van der Waals surface area contributed by atoms with E-state index < -0.39 is 0 Å². The third kappa shape index (κ3) is 6.03. The molecule has 1 aromatic heterocycles. The van der Waals surface area contributed by atoms with Crippen LogP contribution in [0.4, 0.5) is 34.1 Å². The molecule has 0 spiro atoms. The van der Waals surface area contributed by atoms with Crippen molar-refractivity contribution in [3.8, 4) is 0 Å². The molecule has 0 saturated carbocycles. The first-order valence-electron chi connectivity index (χ1n) is 25.9. The van der Waals surface area contributed by atoms with E-state index in [0.29, 0.717) is 0 Å². The number of hydrogen-bond acceptors (Lipinski definition) is 3. The first-order chi connectivity index (χ1) is 31.7. The number of para-hydroxylation sites is 1. The minimum Gasteiger partial charge on any atom is -0.456 e. The Morgan fingerprint density at radius 3 is 1.59 bits per heavy atom. The second-order valence-electron chi connectivity index (χ2n) is 27.1. The number of furan rings is 1. The molecule has 0 unspecified atom stereocenters. The van der Waals surface area contributed by atoms with E-state index in [4.69, 9.17) is 4.42 Å². The summed E-state index contributed by atoms with van der Waals surface area (Å²) in [7, 11) is 0. The molecule has 12 rings (SSSR count). The number of hydrogen-bond donors (Lipinski definition) is 0. The van der Waals surface area contributed by atoms with Crippen molar-refractivity contribution in [2.45, 2.75) is 181 Å². The van der Waals surface area contributed by atoms with Crippen LogP contribution in [0.2, 0.25) is 0 Å². The maximum atomic E-state index is 7.01. The highest BCUT2D eigenvalue weighted by Gasteiger charge is 2.50. The molecule has 68 heavy (non-hydrogen) atoms. The Kier molecular flexibility index (Phi) is 8.77. The van der Waals surface area contributed by atoms with Gasteiger partial charge in [-0.3, -0.25) is 0 Å². The van der Waals surface area contributed by atoms with Crippen molar-refractivity contribution < 1.29 is 4.42 Å². The van der Waals surface area contributed by atoms with Gasteiger partial charge < -0.3 is 14.2 Å². The summed E-state index contributed by atoms with van der Waals surface area (Å²) >= 11 is 0. The van der Waals surface area contributed by atoms with Gasteiger partial charge in [0.1, 0.15) is 11.2 Å². The van der Waals surface area contributed by atoms with Gasteiger partial charge >= 0.3 is 0 Å². The highest BCUT2D eigenvalue weighted by atomic mass is 16.3. The maximum absolute atomic E-state index is 7.01. The van der Waals surface area contributed by atoms with E-state index in [1.807, 2.05) is 0 Å². The van der Waals surface area contributed by atoms with Crippen LogP contribution < -0.4 is 26.2 Å². The lowest BCUT2D eigenvalue weighted by Crippen LogP contribution is -2.62. The average molecular weight is 897 g/mol. The predicted molar refractivity (Wildman–Crippen MR) is 292 cm³/mol. The molecular formula is C64H73BN2O. The molecule has 6 aromatic carbocycles. The van der Waals surface area contributed by atoms with E-state index in [2.05, 4.69) is 212 Å². The summed E-state index contributed by atoms with van der Waals surface area (Å²) in [6, 6.07) is 36.8. The van der Waals surface area contributed by atoms with Crippen molar-refractivity contribution in [1.29, 1.82) is 0 Å². The second-order valence-corrected chi connectivity index (χ2v) is 27.1. The minimum absolute atomic E-state index is 0.0239. The summed E-state index contributed by atoms with van der Waals surface area (Å²) in [6.07, 6.45) is 5.85. The van der Waals surface area contributed by atoms with Crippen molar-refractivity contribution in [2.24, 2.45) is 0 Å². The van der Waals surface area contributed by atoms with E-state index in [1.54, 1.807) is 0 Å². The van der Waals surface area contributed by atoms with Gasteiger partial charge in [0, 0.05) is 39.4 Å². The van der Waals surface area contributed by atoms with Gasteiger partial charge in [0.25, 0.3) is 6.71 Å². The van der Waals surface area contributed by atoms with Crippen LogP contribution in [-0.2, 0) is 37.9 Å². The third-order valence-electron chi connectivity index (χ3n) is 18.3. The van der Waals surface area contributed by atoms with Crippen molar-refractivity contribution in [2.75, 3.05) is 9.80 Å². The van der Waals surface area contributed by atoms with Gasteiger partial charge in [0.05, 0.1) is 11.1 Å². The number of nitrogens with zero attached hydrogens (tertiary/aromatic N) is 2. The maximum Gasteiger partial charge on any atom is 0.252 e. The fourth-order valence-electron chi connectivity index (χ4n) is 14.5. The van der Waals surface area contributed by atoms with Crippen molar-refractivity contribution in [3.05, 3.63) is 136 Å². The largest absolute Gasteiger partial charge is 0.456 e. The van der Waals surface area contributed by atoms with Gasteiger partial charge in [0.2, 0.25) is 0 Å². The quantitative estimate of drug-likeness (QED) is 0.161. The van der Waals surface area contributed by atoms with Crippen molar-refractivity contribution >= 4 is 79.2 Å². The Morgan fingerprint density at radius 2 is 0.985 bits per heavy atom. The highest BCUT2D eigenvalue weighted by molar-refractivity contribution is 7.00. The topological polar surface area (TPSA) is 19.6 Å². The molecule has 3 heterocycles. The van der Waals surface area contributed by atoms with Gasteiger partial charge in [-0.1, -0.05) is 146 Å². The van der Waals surface area contributed by atoms with Crippen LogP contribution in [0.25, 0.3) is 21.9 Å². The SMILES string of the molecule is Cc1cc2c3c(c1)N(c1ccc(C(C)(C)C)c4oc5ccccc5c14)c1cc4c(cc1B3c1cc3c(cc1N2c1ccc2c(c1)C(C)(C)CCC2(C)C)C(C)(C)CCC3(C)C)C(C)(C)CC4(C)C. The Hall–Kier alpha value is -5.22. The molecule has 2 aliphatic heterocycles. The monoisotopic (exact) mass is 897 g/mol. The summed E-state index contributed by atoms with van der Waals surface area (Å²) in [5.41, 5.74) is 25.6. The van der Waals surface area contributed by atoms with Crippen LogP contribution in [0.3, 0.4) is 0 Å². The second kappa shape index (κ2) is 13.6. The normalized spacial score (nSPS) is 20.7. The Morgan fingerprint density at radius 1 is 0.485 bits per heavy atom. The summed E-state index contributed by atoms with van der Waals surface area (Å²) in [5, 5.41) is 2.36. The molecule has 3 aliphatic carbocycles. The van der Waals surface area contributed by atoms with Gasteiger partial charge in [-0.25, -0.2) is 0 Å². The van der Waals surface area contributed by atoms with E-state index in [0.717, 1.165) is 17.6 Å². The first kappa shape index (κ1) is 44.0. The van der Waals surface area contributed by atoms with Crippen LogP contribution >= 0.6 is 0 Å². The van der Waals surface area contributed by atoms with Crippen LogP contribution in [0.5, 0.6) is 0 Å². The number of benzene rings is 6. The van der Waals surface area contributed by atoms with E-state index >= 15 is 0 Å². The molecule has 0 bridgehead atoms. The smallest absolute Gasteiger partial charge is 0.252 e. The first-order valence-corrected chi connectivity index (χ1v) is 25.9. The van der Waals surface area contributed by atoms with Crippen LogP contribution in [0.15, 0.2) is 95.4 Å². The van der Waals surface area contributed by atoms with Crippen molar-refractivity contribution in [1.82, 2.24) is 0 Å². The molecule has 0 atom stereocenters. The minimum atomic E-state index is -0.112. The highest BCUT2D eigenvalue weighted by Crippen LogP contribution is 2.56. The van der Waals surface area contributed by atoms with Gasteiger partial charge in [0.15, 0.2) is 0 Å². The summed E-state index contributed by atoms with van der Waals surface area (Å²) in [6.45, 7) is 39.1. The Labute approximate surface area is 407 Å². The Balaban J connectivity index is 1.24. The van der Waals surface area contributed by atoms with E-state index in [-0.39, 0.29) is 44.6 Å². The van der Waals surface area contributed by atoms with Crippen molar-refractivity contribution in [3.63, 3.8) is 0 Å². The Bertz CT molecular complexity index is 3340. The van der Waals surface area contributed by atoms with Crippen LogP contribution in [0.1, 0.15) is 180 Å². The van der Waals surface area contributed by atoms with E-state index in [9.17, 15) is 0 Å². The zero-order valence-electron chi connectivity index (χ0n) is 44.1. The van der Waals surface area contributed by atoms with Gasteiger partial charge in [-0.15, -0.1) is 0 Å². The van der Waals surface area contributed by atoms with E-state index in [1.165, 1.54) is 131 Å². The molecule has 348 valence electrons. The molecular weight excluding hydrogens is 824 g/mol. The lowest BCUT2D eigenvalue weighted by molar-refractivity contribution is 0.332. The molecule has 0 amide bonds. The average Bonchev–Trinajstić information content (AvgIpc) is 3.72. The standard InChI is InChI=1S/C64H73BN2O/c1-37-29-52-56-53(30-37)67(49-24-23-41(58(2,3)4)57-55(49)39-19-17-18-20-54(39)68-57)51-35-46-44(63(13,14)36-64(46,15)16)33-48(51)65(56)47-32-43-45(62(11,12)28-27-61(43,9)10)34-50(47)66(52)38-21-22-40-42(31-38)60(7,8)26-25-59(40,5)6/h17-24,29-35H,25-28,36H2,1-16H3. The molecule has 3 nitrogen and oxygen atoms in total. The molecule has 0 N–H and O–H groups in total. The zero-order chi connectivity index (χ0) is 48.2. The predicted octanol–water partition coefficient (Wildman–Crippen LogP) is 15.9. The molecule has 5 aliphatic rings. The number of aryl methyl sites for hydroxylation is 1. The van der Waals surface area contributed by atoms with Gasteiger partial charge in [-0.05, 0) is 181 Å². The summed E-state index contributed by atoms with van der Waals surface area (Å²) in [4.78, 5) is 5.39. The molecule has 7 aromatic rings. The molecule has 0 radical (unpaired) electrons. The summed E-state index contributed by atoms with van der Waals surface area (Å²) < 4.78 is 7.01. The number of fused-ring (bicyclic) bond motifs is 10. The number of anilines is 6. The third-order valence-corrected chi connectivity index (χ3v) is 18.3. The molecule has 0 saturated heterocycles.